The lowest BCUT2D eigenvalue weighted by molar-refractivity contribution is -0.890. The van der Waals surface area contributed by atoms with Crippen molar-refractivity contribution in [1.29, 1.82) is 0 Å². The Bertz CT molecular complexity index is 275. The van der Waals surface area contributed by atoms with Crippen LogP contribution in [0.25, 0.3) is 0 Å². The average Bonchev–Trinajstić information content (AvgIpc) is 2.35. The maximum atomic E-state index is 11.9. The van der Waals surface area contributed by atoms with Gasteiger partial charge in [0, 0.05) is 13.5 Å². The first kappa shape index (κ1) is 18.1. The van der Waals surface area contributed by atoms with Gasteiger partial charge in [0.05, 0.1) is 33.8 Å². The van der Waals surface area contributed by atoms with Gasteiger partial charge in [0.1, 0.15) is 6.54 Å². The Balaban J connectivity index is 3.90. The molecule has 0 aromatic heterocycles. The molecule has 0 saturated carbocycles. The third-order valence-corrected chi connectivity index (χ3v) is 3.36. The molecular formula is C15H31N2O2+. The minimum Gasteiger partial charge on any atom is -0.391 e. The van der Waals surface area contributed by atoms with Crippen LogP contribution in [0.2, 0.25) is 0 Å². The van der Waals surface area contributed by atoms with Crippen molar-refractivity contribution < 1.29 is 14.4 Å². The first-order valence-corrected chi connectivity index (χ1v) is 7.24. The molecule has 0 atom stereocenters. The molecule has 4 heteroatoms. The lowest BCUT2D eigenvalue weighted by Gasteiger charge is -2.30. The molecule has 0 aliphatic carbocycles. The van der Waals surface area contributed by atoms with Crippen LogP contribution in [0.3, 0.4) is 0 Å². The Morgan fingerprint density at radius 2 is 1.95 bits per heavy atom. The molecule has 0 spiro atoms. The number of rotatable bonds is 10. The van der Waals surface area contributed by atoms with E-state index in [9.17, 15) is 4.79 Å². The van der Waals surface area contributed by atoms with E-state index in [2.05, 4.69) is 27.1 Å². The number of hydrogen-bond donors (Lipinski definition) is 1. The van der Waals surface area contributed by atoms with E-state index >= 15 is 0 Å². The highest BCUT2D eigenvalue weighted by molar-refractivity contribution is 5.77. The molecule has 0 aliphatic heterocycles. The SMILES string of the molecule is CCCC/C=C/CC(=O)N(C)CC[N+](C)(C)CCO. The van der Waals surface area contributed by atoms with Crippen molar-refractivity contribution in [2.24, 2.45) is 0 Å². The van der Waals surface area contributed by atoms with Crippen LogP contribution in [-0.2, 0) is 4.79 Å². The van der Waals surface area contributed by atoms with E-state index in [1.54, 1.807) is 4.90 Å². The first-order chi connectivity index (χ1) is 8.93. The van der Waals surface area contributed by atoms with E-state index in [0.717, 1.165) is 30.5 Å². The van der Waals surface area contributed by atoms with Crippen LogP contribution in [-0.4, -0.2) is 67.8 Å². The summed E-state index contributed by atoms with van der Waals surface area (Å²) in [6.07, 6.45) is 8.01. The molecule has 0 aromatic carbocycles. The summed E-state index contributed by atoms with van der Waals surface area (Å²) in [5.41, 5.74) is 0. The summed E-state index contributed by atoms with van der Waals surface area (Å²) in [4.78, 5) is 13.6. The molecular weight excluding hydrogens is 240 g/mol. The van der Waals surface area contributed by atoms with E-state index in [4.69, 9.17) is 5.11 Å². The third kappa shape index (κ3) is 9.68. The Morgan fingerprint density at radius 3 is 2.53 bits per heavy atom. The smallest absolute Gasteiger partial charge is 0.226 e. The summed E-state index contributed by atoms with van der Waals surface area (Å²) >= 11 is 0. The maximum Gasteiger partial charge on any atom is 0.226 e. The van der Waals surface area contributed by atoms with Gasteiger partial charge >= 0.3 is 0 Å². The lowest BCUT2D eigenvalue weighted by atomic mass is 10.2. The van der Waals surface area contributed by atoms with Gasteiger partial charge in [-0.3, -0.25) is 4.79 Å². The van der Waals surface area contributed by atoms with Gasteiger partial charge in [0.25, 0.3) is 0 Å². The van der Waals surface area contributed by atoms with E-state index in [1.807, 2.05) is 13.1 Å². The molecule has 1 amide bonds. The molecule has 0 aliphatic rings. The largest absolute Gasteiger partial charge is 0.391 e. The van der Waals surface area contributed by atoms with Crippen molar-refractivity contribution in [3.63, 3.8) is 0 Å². The molecule has 4 nitrogen and oxygen atoms in total. The van der Waals surface area contributed by atoms with Gasteiger partial charge in [-0.2, -0.15) is 0 Å². The highest BCUT2D eigenvalue weighted by Crippen LogP contribution is 2.00. The molecule has 0 unspecified atom stereocenters. The Morgan fingerprint density at radius 1 is 1.26 bits per heavy atom. The van der Waals surface area contributed by atoms with Gasteiger partial charge in [0.15, 0.2) is 0 Å². The van der Waals surface area contributed by atoms with Crippen molar-refractivity contribution in [2.45, 2.75) is 32.6 Å². The molecule has 0 rings (SSSR count). The molecule has 0 aromatic rings. The standard InChI is InChI=1S/C15H31N2O2/c1-5-6-7-8-9-10-15(19)16(2)11-12-17(3,4)13-14-18/h8-9,18H,5-7,10-14H2,1-4H3/q+1/b9-8+. The second-order valence-corrected chi connectivity index (χ2v) is 5.74. The number of allylic oxidation sites excluding steroid dienone is 1. The second kappa shape index (κ2) is 9.98. The topological polar surface area (TPSA) is 40.5 Å². The molecule has 112 valence electrons. The van der Waals surface area contributed by atoms with E-state index in [-0.39, 0.29) is 12.5 Å². The molecule has 1 N–H and O–H groups in total. The van der Waals surface area contributed by atoms with Crippen LogP contribution < -0.4 is 0 Å². The van der Waals surface area contributed by atoms with E-state index in [1.165, 1.54) is 12.8 Å². The van der Waals surface area contributed by atoms with Gasteiger partial charge in [-0.05, 0) is 6.42 Å². The van der Waals surface area contributed by atoms with Gasteiger partial charge in [-0.15, -0.1) is 0 Å². The molecule has 0 bridgehead atoms. The highest BCUT2D eigenvalue weighted by atomic mass is 16.3. The number of carbonyl (C=O) groups is 1. The number of carbonyl (C=O) groups excluding carboxylic acids is 1. The number of amides is 1. The minimum absolute atomic E-state index is 0.164. The molecule has 19 heavy (non-hydrogen) atoms. The number of aliphatic hydroxyl groups is 1. The predicted molar refractivity (Wildman–Crippen MR) is 79.8 cm³/mol. The normalized spacial score (nSPS) is 12.1. The number of quaternary nitrogens is 1. The Labute approximate surface area is 118 Å². The van der Waals surface area contributed by atoms with Crippen molar-refractivity contribution in [2.75, 3.05) is 47.4 Å². The number of hydrogen-bond acceptors (Lipinski definition) is 2. The Hall–Kier alpha value is -0.870. The van der Waals surface area contributed by atoms with Gasteiger partial charge in [-0.25, -0.2) is 0 Å². The minimum atomic E-state index is 0.164. The number of nitrogens with zero attached hydrogens (tertiary/aromatic N) is 2. The van der Waals surface area contributed by atoms with Crippen LogP contribution in [0.5, 0.6) is 0 Å². The summed E-state index contributed by atoms with van der Waals surface area (Å²) in [6, 6.07) is 0. The molecule has 0 saturated heterocycles. The van der Waals surface area contributed by atoms with E-state index in [0.29, 0.717) is 6.42 Å². The lowest BCUT2D eigenvalue weighted by Crippen LogP contribution is -2.47. The Kier molecular flexibility index (Phi) is 9.53. The third-order valence-electron chi connectivity index (χ3n) is 3.36. The van der Waals surface area contributed by atoms with Gasteiger partial charge in [-0.1, -0.05) is 31.9 Å². The average molecular weight is 271 g/mol. The molecule has 0 radical (unpaired) electrons. The zero-order valence-corrected chi connectivity index (χ0v) is 13.1. The van der Waals surface area contributed by atoms with Crippen LogP contribution in [0, 0.1) is 0 Å². The fourth-order valence-corrected chi connectivity index (χ4v) is 1.71. The summed E-state index contributed by atoms with van der Waals surface area (Å²) in [6.45, 7) is 4.67. The summed E-state index contributed by atoms with van der Waals surface area (Å²) in [5.74, 6) is 0.164. The summed E-state index contributed by atoms with van der Waals surface area (Å²) < 4.78 is 0.737. The van der Waals surface area contributed by atoms with Crippen LogP contribution in [0.4, 0.5) is 0 Å². The van der Waals surface area contributed by atoms with E-state index < -0.39 is 0 Å². The number of unbranched alkanes of at least 4 members (excludes halogenated alkanes) is 2. The van der Waals surface area contributed by atoms with Crippen LogP contribution in [0.15, 0.2) is 12.2 Å². The second-order valence-electron chi connectivity index (χ2n) is 5.74. The van der Waals surface area contributed by atoms with Crippen LogP contribution in [0.1, 0.15) is 32.6 Å². The van der Waals surface area contributed by atoms with Crippen molar-refractivity contribution in [1.82, 2.24) is 4.90 Å². The number of aliphatic hydroxyl groups excluding tert-OH is 1. The fraction of sp³-hybridized carbons (Fsp3) is 0.800. The number of likely N-dealkylation sites (N-methyl/N-ethyl adjacent to an activating group) is 2. The van der Waals surface area contributed by atoms with Crippen molar-refractivity contribution >= 4 is 5.91 Å². The predicted octanol–water partition coefficient (Wildman–Crippen LogP) is 1.65. The summed E-state index contributed by atoms with van der Waals surface area (Å²) in [5, 5.41) is 8.96. The van der Waals surface area contributed by atoms with Crippen LogP contribution >= 0.6 is 0 Å². The highest BCUT2D eigenvalue weighted by Gasteiger charge is 2.16. The molecule has 0 heterocycles. The quantitative estimate of drug-likeness (QED) is 0.373. The zero-order valence-electron chi connectivity index (χ0n) is 13.1. The summed E-state index contributed by atoms with van der Waals surface area (Å²) in [7, 11) is 5.99. The van der Waals surface area contributed by atoms with Crippen molar-refractivity contribution in [3.8, 4) is 0 Å². The maximum absolute atomic E-state index is 11.9. The zero-order chi connectivity index (χ0) is 14.7. The van der Waals surface area contributed by atoms with Gasteiger partial charge in [0.2, 0.25) is 5.91 Å². The monoisotopic (exact) mass is 271 g/mol. The van der Waals surface area contributed by atoms with Gasteiger partial charge < -0.3 is 14.5 Å². The fourth-order valence-electron chi connectivity index (χ4n) is 1.71. The molecule has 0 fully saturated rings. The first-order valence-electron chi connectivity index (χ1n) is 7.24. The van der Waals surface area contributed by atoms with Crippen molar-refractivity contribution in [3.05, 3.63) is 12.2 Å².